The third kappa shape index (κ3) is 3.74. The van der Waals surface area contributed by atoms with E-state index >= 15 is 0 Å². The van der Waals surface area contributed by atoms with E-state index < -0.39 is 0 Å². The smallest absolute Gasteiger partial charge is 0.0922 e. The van der Waals surface area contributed by atoms with Crippen LogP contribution in [0.25, 0.3) is 0 Å². The fourth-order valence-corrected chi connectivity index (χ4v) is 4.61. The molecule has 0 spiro atoms. The minimum Gasteiger partial charge on any atom is -0.361 e. The summed E-state index contributed by atoms with van der Waals surface area (Å²) in [6, 6.07) is 7.28. The molecule has 134 valence electrons. The lowest BCUT2D eigenvalue weighted by Gasteiger charge is -2.33. The van der Waals surface area contributed by atoms with Crippen molar-refractivity contribution in [3.05, 3.63) is 47.5 Å². The first-order valence-electron chi connectivity index (χ1n) is 9.84. The number of rotatable bonds is 5. The van der Waals surface area contributed by atoms with Crippen LogP contribution in [-0.4, -0.2) is 22.6 Å². The van der Waals surface area contributed by atoms with Crippen LogP contribution in [0.1, 0.15) is 55.3 Å². The summed E-state index contributed by atoms with van der Waals surface area (Å²) >= 11 is 0. The molecule has 1 aliphatic carbocycles. The number of nitrogens with one attached hydrogen (secondary N) is 2. The maximum absolute atomic E-state index is 4.22. The Bertz CT molecular complexity index is 673. The topological polar surface area (TPSA) is 44.0 Å². The molecule has 1 unspecified atom stereocenters. The molecule has 1 aromatic heterocycles. The van der Waals surface area contributed by atoms with Crippen molar-refractivity contribution >= 4 is 5.69 Å². The van der Waals surface area contributed by atoms with E-state index in [2.05, 4.69) is 45.3 Å². The Hall–Kier alpha value is -1.81. The largest absolute Gasteiger partial charge is 0.361 e. The lowest BCUT2D eigenvalue weighted by Crippen LogP contribution is -2.40. The summed E-state index contributed by atoms with van der Waals surface area (Å²) in [5, 5.41) is 3.71. The zero-order chi connectivity index (χ0) is 17.1. The van der Waals surface area contributed by atoms with Gasteiger partial charge in [0.15, 0.2) is 0 Å². The Morgan fingerprint density at radius 2 is 2.08 bits per heavy atom. The third-order valence-corrected chi connectivity index (χ3v) is 6.10. The van der Waals surface area contributed by atoms with Crippen molar-refractivity contribution in [2.45, 2.75) is 64.6 Å². The second-order valence-electron chi connectivity index (χ2n) is 7.79. The van der Waals surface area contributed by atoms with Crippen molar-refractivity contribution in [3.63, 3.8) is 0 Å². The van der Waals surface area contributed by atoms with Gasteiger partial charge in [0, 0.05) is 31.0 Å². The molecule has 0 radical (unpaired) electrons. The van der Waals surface area contributed by atoms with Crippen LogP contribution in [0.4, 0.5) is 5.69 Å². The predicted octanol–water partition coefficient (Wildman–Crippen LogP) is 4.17. The number of benzene rings is 1. The summed E-state index contributed by atoms with van der Waals surface area (Å²) in [4.78, 5) is 10.1. The fourth-order valence-electron chi connectivity index (χ4n) is 4.61. The van der Waals surface area contributed by atoms with Crippen LogP contribution in [0.15, 0.2) is 30.7 Å². The molecule has 4 rings (SSSR count). The van der Waals surface area contributed by atoms with Crippen LogP contribution in [-0.2, 0) is 13.1 Å². The van der Waals surface area contributed by atoms with Gasteiger partial charge >= 0.3 is 0 Å². The van der Waals surface area contributed by atoms with Crippen LogP contribution >= 0.6 is 0 Å². The molecule has 0 saturated heterocycles. The van der Waals surface area contributed by atoms with Gasteiger partial charge in [-0.3, -0.25) is 0 Å². The summed E-state index contributed by atoms with van der Waals surface area (Å²) in [6.07, 6.45) is 12.2. The Morgan fingerprint density at radius 3 is 2.88 bits per heavy atom. The number of nitrogens with zero attached hydrogens (tertiary/aromatic N) is 2. The first-order chi connectivity index (χ1) is 12.3. The Morgan fingerprint density at radius 1 is 1.20 bits per heavy atom. The number of H-pyrrole nitrogens is 1. The molecule has 4 heteroatoms. The molecule has 1 atom stereocenters. The van der Waals surface area contributed by atoms with Gasteiger partial charge in [-0.2, -0.15) is 0 Å². The molecule has 25 heavy (non-hydrogen) atoms. The van der Waals surface area contributed by atoms with Crippen LogP contribution in [0, 0.1) is 12.8 Å². The molecule has 2 N–H and O–H groups in total. The molecule has 2 aliphatic rings. The molecule has 1 aliphatic heterocycles. The van der Waals surface area contributed by atoms with E-state index in [1.54, 1.807) is 6.33 Å². The van der Waals surface area contributed by atoms with Crippen molar-refractivity contribution in [1.29, 1.82) is 0 Å². The van der Waals surface area contributed by atoms with E-state index in [9.17, 15) is 0 Å². The lowest BCUT2D eigenvalue weighted by atomic mass is 9.97. The average Bonchev–Trinajstić information content (AvgIpc) is 3.28. The molecule has 1 fully saturated rings. The summed E-state index contributed by atoms with van der Waals surface area (Å²) in [6.45, 7) is 5.18. The highest BCUT2D eigenvalue weighted by Crippen LogP contribution is 2.33. The van der Waals surface area contributed by atoms with Crippen LogP contribution in [0.3, 0.4) is 0 Å². The number of fused-ring (bicyclic) bond motifs is 1. The Kier molecular flexibility index (Phi) is 5.07. The Balaban J connectivity index is 1.59. The van der Waals surface area contributed by atoms with Crippen LogP contribution < -0.4 is 10.2 Å². The molecular weight excluding hydrogens is 308 g/mol. The highest BCUT2D eigenvalue weighted by Gasteiger charge is 2.26. The van der Waals surface area contributed by atoms with Crippen molar-refractivity contribution in [2.24, 2.45) is 5.92 Å². The van der Waals surface area contributed by atoms with Crippen LogP contribution in [0.2, 0.25) is 0 Å². The maximum Gasteiger partial charge on any atom is 0.0922 e. The molecule has 0 bridgehead atoms. The van der Waals surface area contributed by atoms with Crippen molar-refractivity contribution in [3.8, 4) is 0 Å². The highest BCUT2D eigenvalue weighted by atomic mass is 15.2. The first kappa shape index (κ1) is 16.6. The molecule has 0 amide bonds. The van der Waals surface area contributed by atoms with Gasteiger partial charge in [0.25, 0.3) is 0 Å². The third-order valence-electron chi connectivity index (χ3n) is 6.10. The van der Waals surface area contributed by atoms with Crippen LogP contribution in [0.5, 0.6) is 0 Å². The number of aromatic amines is 1. The lowest BCUT2D eigenvalue weighted by molar-refractivity contribution is 0.423. The zero-order valence-corrected chi connectivity index (χ0v) is 15.3. The van der Waals surface area contributed by atoms with E-state index in [-0.39, 0.29) is 0 Å². The van der Waals surface area contributed by atoms with E-state index in [0.29, 0.717) is 6.04 Å². The number of hydrogen-bond acceptors (Lipinski definition) is 3. The minimum atomic E-state index is 0.548. The van der Waals surface area contributed by atoms with E-state index in [0.717, 1.165) is 25.6 Å². The minimum absolute atomic E-state index is 0.548. The van der Waals surface area contributed by atoms with Gasteiger partial charge in [0.2, 0.25) is 0 Å². The second-order valence-corrected chi connectivity index (χ2v) is 7.79. The summed E-state index contributed by atoms with van der Waals surface area (Å²) in [7, 11) is 0. The first-order valence-corrected chi connectivity index (χ1v) is 9.84. The van der Waals surface area contributed by atoms with Crippen molar-refractivity contribution < 1.29 is 0 Å². The molecule has 4 nitrogen and oxygen atoms in total. The van der Waals surface area contributed by atoms with Crippen molar-refractivity contribution in [1.82, 2.24) is 15.3 Å². The fraction of sp³-hybridized carbons (Fsp3) is 0.571. The summed E-state index contributed by atoms with van der Waals surface area (Å²) < 4.78 is 0. The standard InChI is InChI=1S/C21H30N4/c1-16-5-4-8-21-20(16)13-22-12-19(10-9-17-6-2-3-7-17)25(21)14-18-11-23-15-24-18/h4-5,8,11,15,17,19,22H,2-3,6-7,9-10,12-14H2,1H3,(H,23,24). The van der Waals surface area contributed by atoms with E-state index in [4.69, 9.17) is 0 Å². The maximum atomic E-state index is 4.22. The monoisotopic (exact) mass is 338 g/mol. The number of hydrogen-bond donors (Lipinski definition) is 2. The van der Waals surface area contributed by atoms with Gasteiger partial charge in [0.1, 0.15) is 0 Å². The molecular formula is C21H30N4. The van der Waals surface area contributed by atoms with Gasteiger partial charge in [-0.15, -0.1) is 0 Å². The number of aryl methyl sites for hydroxylation is 1. The normalized spacial score (nSPS) is 21.3. The zero-order valence-electron chi connectivity index (χ0n) is 15.3. The number of aromatic nitrogens is 2. The SMILES string of the molecule is Cc1cccc2c1CNCC(CCC1CCCC1)N2Cc1cnc[nH]1. The van der Waals surface area contributed by atoms with Gasteiger partial charge in [-0.25, -0.2) is 4.98 Å². The molecule has 2 aromatic rings. The Labute approximate surface area is 151 Å². The highest BCUT2D eigenvalue weighted by molar-refractivity contribution is 5.58. The molecule has 1 saturated carbocycles. The predicted molar refractivity (Wildman–Crippen MR) is 103 cm³/mol. The number of anilines is 1. The summed E-state index contributed by atoms with van der Waals surface area (Å²) in [5.41, 5.74) is 5.43. The number of imidazole rings is 1. The molecule has 1 aromatic carbocycles. The van der Waals surface area contributed by atoms with Gasteiger partial charge < -0.3 is 15.2 Å². The van der Waals surface area contributed by atoms with E-state index in [1.165, 1.54) is 61.0 Å². The van der Waals surface area contributed by atoms with Gasteiger partial charge in [-0.05, 0) is 42.9 Å². The van der Waals surface area contributed by atoms with Gasteiger partial charge in [0.05, 0.1) is 18.6 Å². The van der Waals surface area contributed by atoms with Gasteiger partial charge in [-0.1, -0.05) is 37.8 Å². The quantitative estimate of drug-likeness (QED) is 0.860. The van der Waals surface area contributed by atoms with Crippen molar-refractivity contribution in [2.75, 3.05) is 11.4 Å². The molecule has 2 heterocycles. The summed E-state index contributed by atoms with van der Waals surface area (Å²) in [5.74, 6) is 0.953. The average molecular weight is 338 g/mol. The van der Waals surface area contributed by atoms with E-state index in [1.807, 2.05) is 6.20 Å². The second kappa shape index (κ2) is 7.61.